The van der Waals surface area contributed by atoms with Crippen LogP contribution in [0, 0.1) is 0 Å². The van der Waals surface area contributed by atoms with Crippen molar-refractivity contribution in [2.75, 3.05) is 47.5 Å². The maximum absolute atomic E-state index is 12.8. The SMILES string of the molecule is CC/C=C\C/C=C\C/C=C\C/C=C\CCCCC(=O)OC(COC(=O)CCCCCCCCCCCCCCCCCCCCCCCCCCCCCCCCCCCCCCCCC)COC(OCC[N+](C)(C)C)C(=O)O. The lowest BCUT2D eigenvalue weighted by Gasteiger charge is -2.25. The number of rotatable bonds is 63. The fourth-order valence-electron chi connectivity index (χ4n) is 9.95. The Hall–Kier alpha value is -2.75. The van der Waals surface area contributed by atoms with Crippen LogP contribution in [-0.2, 0) is 33.3 Å². The van der Waals surface area contributed by atoms with Crippen LogP contribution in [0.15, 0.2) is 48.6 Å². The zero-order valence-corrected chi connectivity index (χ0v) is 52.8. The van der Waals surface area contributed by atoms with Crippen LogP contribution < -0.4 is 0 Å². The summed E-state index contributed by atoms with van der Waals surface area (Å²) in [5.41, 5.74) is 0. The van der Waals surface area contributed by atoms with Crippen molar-refractivity contribution in [3.63, 3.8) is 0 Å². The summed E-state index contributed by atoms with van der Waals surface area (Å²) in [5.74, 6) is -2.05. The van der Waals surface area contributed by atoms with Gasteiger partial charge in [-0.3, -0.25) is 9.59 Å². The molecule has 79 heavy (non-hydrogen) atoms. The van der Waals surface area contributed by atoms with Crippen LogP contribution >= 0.6 is 0 Å². The number of hydrogen-bond donors (Lipinski definition) is 1. The normalized spacial score (nSPS) is 13.0. The van der Waals surface area contributed by atoms with E-state index in [1.807, 2.05) is 21.1 Å². The zero-order valence-electron chi connectivity index (χ0n) is 52.8. The van der Waals surface area contributed by atoms with E-state index in [2.05, 4.69) is 62.5 Å². The van der Waals surface area contributed by atoms with Gasteiger partial charge < -0.3 is 28.5 Å². The third-order valence-corrected chi connectivity index (χ3v) is 15.1. The molecule has 0 saturated carbocycles. The molecular formula is C70H130NO8+. The quantitative estimate of drug-likeness (QED) is 0.0211. The Morgan fingerprint density at radius 3 is 1.08 bits per heavy atom. The van der Waals surface area contributed by atoms with E-state index in [-0.39, 0.29) is 32.2 Å². The predicted octanol–water partition coefficient (Wildman–Crippen LogP) is 20.6. The predicted molar refractivity (Wildman–Crippen MR) is 337 cm³/mol. The molecule has 2 unspecified atom stereocenters. The van der Waals surface area contributed by atoms with Gasteiger partial charge in [-0.2, -0.15) is 0 Å². The number of unbranched alkanes of at least 4 members (excludes halogenated alkanes) is 40. The fraction of sp³-hybridized carbons (Fsp3) is 0.843. The number of hydrogen-bond acceptors (Lipinski definition) is 7. The number of quaternary nitrogens is 1. The van der Waals surface area contributed by atoms with Crippen molar-refractivity contribution < 1.29 is 42.9 Å². The van der Waals surface area contributed by atoms with Crippen molar-refractivity contribution in [1.29, 1.82) is 0 Å². The summed E-state index contributed by atoms with van der Waals surface area (Å²) in [6.45, 7) is 4.75. The second-order valence-corrected chi connectivity index (χ2v) is 24.1. The van der Waals surface area contributed by atoms with Gasteiger partial charge in [0.1, 0.15) is 13.2 Å². The van der Waals surface area contributed by atoms with Crippen LogP contribution in [0.2, 0.25) is 0 Å². The first-order valence-corrected chi connectivity index (χ1v) is 33.8. The molecule has 1 N–H and O–H groups in total. The van der Waals surface area contributed by atoms with E-state index in [0.29, 0.717) is 23.9 Å². The second kappa shape index (κ2) is 61.3. The number of carbonyl (C=O) groups excluding carboxylic acids is 2. The molecule has 2 atom stereocenters. The van der Waals surface area contributed by atoms with Crippen molar-refractivity contribution in [3.05, 3.63) is 48.6 Å². The summed E-state index contributed by atoms with van der Waals surface area (Å²) < 4.78 is 22.8. The van der Waals surface area contributed by atoms with E-state index in [0.717, 1.165) is 57.8 Å². The molecule has 0 amide bonds. The molecule has 0 aromatic heterocycles. The molecule has 0 rings (SSSR count). The molecule has 9 heteroatoms. The maximum Gasteiger partial charge on any atom is 0.361 e. The molecule has 0 heterocycles. The topological polar surface area (TPSA) is 108 Å². The van der Waals surface area contributed by atoms with E-state index in [4.69, 9.17) is 18.9 Å². The summed E-state index contributed by atoms with van der Waals surface area (Å²) in [7, 11) is 5.96. The molecule has 0 aliphatic heterocycles. The van der Waals surface area contributed by atoms with E-state index in [9.17, 15) is 19.5 Å². The van der Waals surface area contributed by atoms with Gasteiger partial charge >= 0.3 is 17.9 Å². The molecule has 9 nitrogen and oxygen atoms in total. The average Bonchev–Trinajstić information content (AvgIpc) is 3.42. The minimum Gasteiger partial charge on any atom is -0.477 e. The minimum absolute atomic E-state index is 0.180. The molecule has 0 aliphatic rings. The summed E-state index contributed by atoms with van der Waals surface area (Å²) in [6, 6.07) is 0. The monoisotopic (exact) mass is 1110 g/mol. The number of allylic oxidation sites excluding steroid dienone is 8. The van der Waals surface area contributed by atoms with Crippen molar-refractivity contribution in [2.24, 2.45) is 0 Å². The maximum atomic E-state index is 12.8. The molecule has 0 radical (unpaired) electrons. The lowest BCUT2D eigenvalue weighted by atomic mass is 10.0. The number of ether oxygens (including phenoxy) is 4. The van der Waals surface area contributed by atoms with Crippen LogP contribution in [-0.4, -0.2) is 87.4 Å². The Morgan fingerprint density at radius 2 is 0.722 bits per heavy atom. The third-order valence-electron chi connectivity index (χ3n) is 15.1. The van der Waals surface area contributed by atoms with Crippen LogP contribution in [0.4, 0.5) is 0 Å². The molecule has 0 aromatic carbocycles. The highest BCUT2D eigenvalue weighted by molar-refractivity contribution is 5.71. The minimum atomic E-state index is -1.52. The first kappa shape index (κ1) is 76.2. The third kappa shape index (κ3) is 62.7. The number of nitrogens with zero attached hydrogens (tertiary/aromatic N) is 1. The van der Waals surface area contributed by atoms with Gasteiger partial charge in [0.2, 0.25) is 0 Å². The van der Waals surface area contributed by atoms with Crippen LogP contribution in [0.3, 0.4) is 0 Å². The number of carboxylic acid groups (broad SMARTS) is 1. The number of likely N-dealkylation sites (N-methyl/N-ethyl adjacent to an activating group) is 1. The largest absolute Gasteiger partial charge is 0.477 e. The van der Waals surface area contributed by atoms with Crippen LogP contribution in [0.5, 0.6) is 0 Å². The van der Waals surface area contributed by atoms with Gasteiger partial charge in [-0.15, -0.1) is 0 Å². The van der Waals surface area contributed by atoms with Gasteiger partial charge in [0, 0.05) is 12.8 Å². The Labute approximate surface area is 489 Å². The smallest absolute Gasteiger partial charge is 0.361 e. The highest BCUT2D eigenvalue weighted by Gasteiger charge is 2.25. The summed E-state index contributed by atoms with van der Waals surface area (Å²) in [5, 5.41) is 9.70. The first-order chi connectivity index (χ1) is 38.6. The summed E-state index contributed by atoms with van der Waals surface area (Å²) >= 11 is 0. The van der Waals surface area contributed by atoms with E-state index >= 15 is 0 Å². The Kier molecular flexibility index (Phi) is 59.2. The lowest BCUT2D eigenvalue weighted by Crippen LogP contribution is -2.40. The molecule has 462 valence electrons. The van der Waals surface area contributed by atoms with Gasteiger partial charge in [-0.25, -0.2) is 4.79 Å². The first-order valence-electron chi connectivity index (χ1n) is 33.8. The molecule has 0 spiro atoms. The van der Waals surface area contributed by atoms with E-state index in [1.54, 1.807) is 0 Å². The van der Waals surface area contributed by atoms with E-state index < -0.39 is 24.3 Å². The molecule has 0 fully saturated rings. The Balaban J connectivity index is 3.92. The molecule has 0 bridgehead atoms. The highest BCUT2D eigenvalue weighted by Crippen LogP contribution is 2.19. The van der Waals surface area contributed by atoms with Gasteiger partial charge in [0.05, 0.1) is 34.4 Å². The highest BCUT2D eigenvalue weighted by atomic mass is 16.7. The fourth-order valence-corrected chi connectivity index (χ4v) is 9.95. The summed E-state index contributed by atoms with van der Waals surface area (Å²) in [4.78, 5) is 37.4. The number of esters is 2. The van der Waals surface area contributed by atoms with Gasteiger partial charge in [-0.1, -0.05) is 306 Å². The number of carboxylic acids is 1. The summed E-state index contributed by atoms with van der Waals surface area (Å²) in [6.07, 6.45) is 75.6. The van der Waals surface area contributed by atoms with E-state index in [1.165, 1.54) is 231 Å². The van der Waals surface area contributed by atoms with Gasteiger partial charge in [0.25, 0.3) is 6.29 Å². The number of aliphatic carboxylic acids is 1. The zero-order chi connectivity index (χ0) is 57.6. The Morgan fingerprint density at radius 1 is 0.392 bits per heavy atom. The van der Waals surface area contributed by atoms with Crippen LogP contribution in [0.1, 0.15) is 322 Å². The molecular weight excluding hydrogens is 983 g/mol. The van der Waals surface area contributed by atoms with Crippen molar-refractivity contribution >= 4 is 17.9 Å². The molecule has 0 aliphatic carbocycles. The van der Waals surface area contributed by atoms with Gasteiger partial charge in [-0.05, 0) is 51.4 Å². The van der Waals surface area contributed by atoms with Crippen LogP contribution in [0.25, 0.3) is 0 Å². The van der Waals surface area contributed by atoms with Gasteiger partial charge in [0.15, 0.2) is 6.10 Å². The Bertz CT molecular complexity index is 1430. The number of carbonyl (C=O) groups is 3. The standard InChI is InChI=1S/C70H129NO8/c1-6-8-10-12-14-16-18-20-22-23-24-25-26-27-28-29-30-31-32-33-34-35-36-37-38-39-40-41-42-43-44-45-47-48-50-52-54-56-58-60-67(72)77-64-66(65-78-70(69(74)75)76-63-62-71(3,4)5)79-68(73)61-59-57-55-53-51-49-46-21-19-17-15-13-11-9-7-2/h9,11,15,17,21,46,51,53,66,70H,6-8,10,12-14,16,18-20,22-45,47-50,52,54-65H2,1-5H3/p+1/b11-9-,17-15-,46-21-,53-51-. The molecule has 0 saturated heterocycles. The van der Waals surface area contributed by atoms with Crippen molar-refractivity contribution in [1.82, 2.24) is 0 Å². The van der Waals surface area contributed by atoms with Crippen molar-refractivity contribution in [3.8, 4) is 0 Å². The second-order valence-electron chi connectivity index (χ2n) is 24.1. The molecule has 0 aromatic rings. The lowest BCUT2D eigenvalue weighted by molar-refractivity contribution is -0.870. The average molecular weight is 1110 g/mol. The van der Waals surface area contributed by atoms with Crippen molar-refractivity contribution in [2.45, 2.75) is 334 Å².